The summed E-state index contributed by atoms with van der Waals surface area (Å²) in [5, 5.41) is 3.74. The van der Waals surface area contributed by atoms with Gasteiger partial charge in [-0.15, -0.1) is 0 Å². The Labute approximate surface area is 118 Å². The minimum Gasteiger partial charge on any atom is -0.311 e. The van der Waals surface area contributed by atoms with Gasteiger partial charge in [0.15, 0.2) is 0 Å². The van der Waals surface area contributed by atoms with Crippen LogP contribution in [0.1, 0.15) is 45.7 Å². The number of hydrogen-bond acceptors (Lipinski definition) is 2. The van der Waals surface area contributed by atoms with E-state index in [1.807, 2.05) is 0 Å². The van der Waals surface area contributed by atoms with Crippen LogP contribution in [0.4, 0.5) is 0 Å². The van der Waals surface area contributed by atoms with Gasteiger partial charge < -0.3 is 5.32 Å². The summed E-state index contributed by atoms with van der Waals surface area (Å²) < 4.78 is 0. The van der Waals surface area contributed by atoms with Gasteiger partial charge in [0.2, 0.25) is 0 Å². The van der Waals surface area contributed by atoms with E-state index < -0.39 is 0 Å². The molecule has 0 spiro atoms. The first kappa shape index (κ1) is 14.5. The average Bonchev–Trinajstić information content (AvgIpc) is 2.39. The molecule has 1 N–H and O–H groups in total. The molecule has 0 bridgehead atoms. The Morgan fingerprint density at radius 3 is 2.42 bits per heavy atom. The fourth-order valence-corrected chi connectivity index (χ4v) is 3.12. The zero-order chi connectivity index (χ0) is 13.8. The van der Waals surface area contributed by atoms with Crippen molar-refractivity contribution in [3.63, 3.8) is 0 Å². The topological polar surface area (TPSA) is 15.3 Å². The minimum atomic E-state index is 0.518. The Morgan fingerprint density at radius 2 is 1.84 bits per heavy atom. The molecule has 106 valence electrons. The first-order chi connectivity index (χ1) is 9.08. The summed E-state index contributed by atoms with van der Waals surface area (Å²) in [7, 11) is 0. The van der Waals surface area contributed by atoms with Crippen molar-refractivity contribution in [3.05, 3.63) is 35.9 Å². The average molecular weight is 260 g/mol. The highest BCUT2D eigenvalue weighted by molar-refractivity contribution is 5.20. The monoisotopic (exact) mass is 260 g/mol. The van der Waals surface area contributed by atoms with E-state index in [-0.39, 0.29) is 0 Å². The van der Waals surface area contributed by atoms with Gasteiger partial charge in [-0.05, 0) is 31.7 Å². The molecule has 1 aliphatic rings. The second-order valence-corrected chi connectivity index (χ2v) is 6.45. The van der Waals surface area contributed by atoms with Crippen LogP contribution < -0.4 is 5.32 Å². The molecule has 0 aliphatic carbocycles. The zero-order valence-corrected chi connectivity index (χ0v) is 12.8. The molecule has 2 unspecified atom stereocenters. The van der Waals surface area contributed by atoms with E-state index >= 15 is 0 Å². The van der Waals surface area contributed by atoms with E-state index in [0.29, 0.717) is 18.1 Å². The SMILES string of the molecule is CC(C)CC1CN(C(C)C)C(c2ccccc2)CN1. The van der Waals surface area contributed by atoms with Gasteiger partial charge in [-0.25, -0.2) is 0 Å². The molecule has 1 saturated heterocycles. The number of piperazine rings is 1. The van der Waals surface area contributed by atoms with Crippen LogP contribution in [0.15, 0.2) is 30.3 Å². The summed E-state index contributed by atoms with van der Waals surface area (Å²) in [5.41, 5.74) is 1.44. The molecule has 0 saturated carbocycles. The fourth-order valence-electron chi connectivity index (χ4n) is 3.12. The van der Waals surface area contributed by atoms with Crippen LogP contribution in [0.25, 0.3) is 0 Å². The molecule has 1 aromatic carbocycles. The van der Waals surface area contributed by atoms with Gasteiger partial charge in [-0.2, -0.15) is 0 Å². The number of rotatable bonds is 4. The summed E-state index contributed by atoms with van der Waals surface area (Å²) in [6.45, 7) is 11.5. The van der Waals surface area contributed by atoms with E-state index in [1.54, 1.807) is 0 Å². The summed E-state index contributed by atoms with van der Waals surface area (Å²) >= 11 is 0. The molecular weight excluding hydrogens is 232 g/mol. The van der Waals surface area contributed by atoms with Crippen LogP contribution in [0.3, 0.4) is 0 Å². The van der Waals surface area contributed by atoms with Crippen LogP contribution in [0.5, 0.6) is 0 Å². The fraction of sp³-hybridized carbons (Fsp3) is 0.647. The van der Waals surface area contributed by atoms with Gasteiger partial charge in [0, 0.05) is 31.2 Å². The Hall–Kier alpha value is -0.860. The molecule has 1 heterocycles. The maximum atomic E-state index is 3.74. The van der Waals surface area contributed by atoms with Crippen molar-refractivity contribution in [2.45, 2.75) is 52.2 Å². The van der Waals surface area contributed by atoms with Crippen LogP contribution in [-0.2, 0) is 0 Å². The Morgan fingerprint density at radius 1 is 1.16 bits per heavy atom. The predicted molar refractivity (Wildman–Crippen MR) is 82.3 cm³/mol. The zero-order valence-electron chi connectivity index (χ0n) is 12.8. The molecule has 1 fully saturated rings. The summed E-state index contributed by atoms with van der Waals surface area (Å²) in [6, 6.07) is 12.7. The van der Waals surface area contributed by atoms with Gasteiger partial charge in [-0.3, -0.25) is 4.90 Å². The molecule has 1 aromatic rings. The third kappa shape index (κ3) is 3.80. The van der Waals surface area contributed by atoms with Crippen LogP contribution in [-0.4, -0.2) is 30.1 Å². The maximum Gasteiger partial charge on any atom is 0.0476 e. The van der Waals surface area contributed by atoms with E-state index in [4.69, 9.17) is 0 Å². The summed E-state index contributed by atoms with van der Waals surface area (Å²) in [5.74, 6) is 0.764. The first-order valence-electron chi connectivity index (χ1n) is 7.62. The van der Waals surface area contributed by atoms with Crippen molar-refractivity contribution in [2.75, 3.05) is 13.1 Å². The van der Waals surface area contributed by atoms with Crippen molar-refractivity contribution < 1.29 is 0 Å². The third-order valence-corrected chi connectivity index (χ3v) is 4.03. The summed E-state index contributed by atoms with van der Waals surface area (Å²) in [4.78, 5) is 2.65. The first-order valence-corrected chi connectivity index (χ1v) is 7.62. The van der Waals surface area contributed by atoms with Crippen molar-refractivity contribution >= 4 is 0 Å². The highest BCUT2D eigenvalue weighted by Crippen LogP contribution is 2.26. The lowest BCUT2D eigenvalue weighted by Crippen LogP contribution is -2.54. The molecule has 2 atom stereocenters. The molecule has 0 aromatic heterocycles. The van der Waals surface area contributed by atoms with E-state index in [2.05, 4.69) is 68.2 Å². The molecular formula is C17H28N2. The molecule has 2 heteroatoms. The van der Waals surface area contributed by atoms with E-state index in [1.165, 1.54) is 12.0 Å². The lowest BCUT2D eigenvalue weighted by atomic mass is 9.95. The lowest BCUT2D eigenvalue weighted by Gasteiger charge is -2.43. The molecule has 1 aliphatic heterocycles. The van der Waals surface area contributed by atoms with Gasteiger partial charge in [0.05, 0.1) is 0 Å². The van der Waals surface area contributed by atoms with Crippen molar-refractivity contribution in [1.29, 1.82) is 0 Å². The van der Waals surface area contributed by atoms with Gasteiger partial charge in [-0.1, -0.05) is 44.2 Å². The van der Waals surface area contributed by atoms with Gasteiger partial charge >= 0.3 is 0 Å². The number of benzene rings is 1. The lowest BCUT2D eigenvalue weighted by molar-refractivity contribution is 0.0901. The Kier molecular flexibility index (Phi) is 5.00. The normalized spacial score (nSPS) is 25.2. The molecule has 0 amide bonds. The standard InChI is InChI=1S/C17H28N2/c1-13(2)10-16-12-19(14(3)4)17(11-18-16)15-8-6-5-7-9-15/h5-9,13-14,16-18H,10-12H2,1-4H3. The highest BCUT2D eigenvalue weighted by Gasteiger charge is 2.30. The van der Waals surface area contributed by atoms with Crippen LogP contribution in [0.2, 0.25) is 0 Å². The maximum absolute atomic E-state index is 3.74. The highest BCUT2D eigenvalue weighted by atomic mass is 15.2. The van der Waals surface area contributed by atoms with Gasteiger partial charge in [0.25, 0.3) is 0 Å². The minimum absolute atomic E-state index is 0.518. The number of hydrogen-bond donors (Lipinski definition) is 1. The smallest absolute Gasteiger partial charge is 0.0476 e. The Bertz CT molecular complexity index is 372. The van der Waals surface area contributed by atoms with E-state index in [0.717, 1.165) is 19.0 Å². The van der Waals surface area contributed by atoms with Crippen LogP contribution >= 0.6 is 0 Å². The molecule has 19 heavy (non-hydrogen) atoms. The Balaban J connectivity index is 2.09. The molecule has 0 radical (unpaired) electrons. The quantitative estimate of drug-likeness (QED) is 0.892. The summed E-state index contributed by atoms with van der Waals surface area (Å²) in [6.07, 6.45) is 1.27. The number of nitrogens with one attached hydrogen (secondary N) is 1. The second-order valence-electron chi connectivity index (χ2n) is 6.45. The van der Waals surface area contributed by atoms with Gasteiger partial charge in [0.1, 0.15) is 0 Å². The number of nitrogens with zero attached hydrogens (tertiary/aromatic N) is 1. The van der Waals surface area contributed by atoms with E-state index in [9.17, 15) is 0 Å². The predicted octanol–water partition coefficient (Wildman–Crippen LogP) is 3.46. The second kappa shape index (κ2) is 6.53. The molecule has 2 rings (SSSR count). The largest absolute Gasteiger partial charge is 0.311 e. The van der Waals surface area contributed by atoms with Crippen molar-refractivity contribution in [2.24, 2.45) is 5.92 Å². The molecule has 2 nitrogen and oxygen atoms in total. The third-order valence-electron chi connectivity index (χ3n) is 4.03. The van der Waals surface area contributed by atoms with Crippen LogP contribution in [0, 0.1) is 5.92 Å². The van der Waals surface area contributed by atoms with Crippen molar-refractivity contribution in [1.82, 2.24) is 10.2 Å². The van der Waals surface area contributed by atoms with Crippen molar-refractivity contribution in [3.8, 4) is 0 Å².